The van der Waals surface area contributed by atoms with Crippen LogP contribution in [-0.4, -0.2) is 125 Å². The van der Waals surface area contributed by atoms with Gasteiger partial charge in [-0.2, -0.15) is 0 Å². The maximum Gasteiger partial charge on any atom is 0.469 e. The standard InChI is InChI=1S/C6H13NO5.C6H13O9P/c7-3-5(10)4(9)2(1-8)12-6(3)11;7-1-3(8)5(10)6(11)4(9)2-15-16(12,13)14/h2-6,8-11H,1,7H2;1,3-6,8-11H,2H2,(H2,12,13,14)/t2-,3-,4-,5-,6?;/m1./s1. The minimum atomic E-state index is -4.80. The lowest BCUT2D eigenvalue weighted by Gasteiger charge is -2.38. The van der Waals surface area contributed by atoms with Crippen molar-refractivity contribution >= 4 is 14.1 Å². The molecule has 15 nitrogen and oxygen atoms in total. The molecule has 1 saturated heterocycles. The Hall–Kier alpha value is -0.620. The summed E-state index contributed by atoms with van der Waals surface area (Å²) in [7, 11) is -4.80. The van der Waals surface area contributed by atoms with E-state index in [1.54, 1.807) is 0 Å². The molecule has 0 spiro atoms. The predicted molar refractivity (Wildman–Crippen MR) is 86.0 cm³/mol. The van der Waals surface area contributed by atoms with Gasteiger partial charge in [-0.1, -0.05) is 0 Å². The molecule has 9 atom stereocenters. The van der Waals surface area contributed by atoms with Crippen molar-refractivity contribution in [3.8, 4) is 0 Å². The number of nitrogens with two attached hydrogens (primary N) is 1. The van der Waals surface area contributed by atoms with Gasteiger partial charge >= 0.3 is 7.82 Å². The molecule has 1 fully saturated rings. The van der Waals surface area contributed by atoms with Crippen molar-refractivity contribution in [1.82, 2.24) is 0 Å². The molecule has 12 N–H and O–H groups in total. The second kappa shape index (κ2) is 12.2. The van der Waals surface area contributed by atoms with Gasteiger partial charge in [0, 0.05) is 0 Å². The maximum absolute atomic E-state index is 10.2. The minimum absolute atomic E-state index is 0.0650. The summed E-state index contributed by atoms with van der Waals surface area (Å²) in [5.74, 6) is 0. The van der Waals surface area contributed by atoms with Gasteiger partial charge in [-0.3, -0.25) is 4.52 Å². The molecule has 168 valence electrons. The third-order valence-corrected chi connectivity index (χ3v) is 4.08. The molecule has 28 heavy (non-hydrogen) atoms. The first-order valence-corrected chi connectivity index (χ1v) is 9.23. The fourth-order valence-corrected chi connectivity index (χ4v) is 2.25. The van der Waals surface area contributed by atoms with Gasteiger partial charge in [0.2, 0.25) is 0 Å². The number of phosphoric acid groups is 1. The topological polar surface area (TPSA) is 281 Å². The van der Waals surface area contributed by atoms with E-state index in [9.17, 15) is 19.6 Å². The summed E-state index contributed by atoms with van der Waals surface area (Å²) in [5, 5.41) is 72.1. The predicted octanol–water partition coefficient (Wildman–Crippen LogP) is -6.52. The van der Waals surface area contributed by atoms with Crippen LogP contribution in [0.3, 0.4) is 0 Å². The van der Waals surface area contributed by atoms with Crippen LogP contribution in [0.1, 0.15) is 0 Å². The Balaban J connectivity index is 0.000000540. The van der Waals surface area contributed by atoms with E-state index in [-0.39, 0.29) is 6.29 Å². The zero-order valence-corrected chi connectivity index (χ0v) is 15.2. The number of rotatable bonds is 8. The van der Waals surface area contributed by atoms with Crippen LogP contribution in [0.4, 0.5) is 0 Å². The molecule has 0 aromatic carbocycles. The second-order valence-corrected chi connectivity index (χ2v) is 7.01. The van der Waals surface area contributed by atoms with Gasteiger partial charge < -0.3 is 65.9 Å². The Morgan fingerprint density at radius 1 is 1.07 bits per heavy atom. The van der Waals surface area contributed by atoms with E-state index in [1.165, 1.54) is 0 Å². The largest absolute Gasteiger partial charge is 0.469 e. The highest BCUT2D eigenvalue weighted by atomic mass is 31.2. The number of hydrogen-bond donors (Lipinski definition) is 11. The van der Waals surface area contributed by atoms with Gasteiger partial charge in [-0.15, -0.1) is 0 Å². The summed E-state index contributed by atoms with van der Waals surface area (Å²) in [6.45, 7) is -1.43. The molecule has 16 heteroatoms. The van der Waals surface area contributed by atoms with Gasteiger partial charge in [0.1, 0.15) is 42.7 Å². The van der Waals surface area contributed by atoms with Crippen LogP contribution in [0.5, 0.6) is 0 Å². The van der Waals surface area contributed by atoms with Crippen molar-refractivity contribution in [2.24, 2.45) is 5.73 Å². The highest BCUT2D eigenvalue weighted by Crippen LogP contribution is 2.35. The van der Waals surface area contributed by atoms with Crippen molar-refractivity contribution in [3.05, 3.63) is 0 Å². The first-order valence-electron chi connectivity index (χ1n) is 7.70. The monoisotopic (exact) mass is 439 g/mol. The van der Waals surface area contributed by atoms with E-state index in [2.05, 4.69) is 4.52 Å². The third kappa shape index (κ3) is 8.81. The smallest absolute Gasteiger partial charge is 0.394 e. The van der Waals surface area contributed by atoms with E-state index in [1.807, 2.05) is 0 Å². The summed E-state index contributed by atoms with van der Waals surface area (Å²) in [5.41, 5.74) is 5.26. The number of ether oxygens (including phenoxy) is 1. The molecule has 5 unspecified atom stereocenters. The van der Waals surface area contributed by atoms with Crippen LogP contribution < -0.4 is 5.73 Å². The van der Waals surface area contributed by atoms with Crippen molar-refractivity contribution in [2.45, 2.75) is 55.1 Å². The number of aldehydes is 1. The molecule has 1 rings (SSSR count). The van der Waals surface area contributed by atoms with E-state index < -0.39 is 76.1 Å². The minimum Gasteiger partial charge on any atom is -0.394 e. The van der Waals surface area contributed by atoms with Crippen LogP contribution in [0.15, 0.2) is 0 Å². The summed E-state index contributed by atoms with van der Waals surface area (Å²) in [4.78, 5) is 26.6. The Labute approximate surface area is 158 Å². The Morgan fingerprint density at radius 2 is 1.61 bits per heavy atom. The van der Waals surface area contributed by atoms with Gasteiger partial charge in [0.15, 0.2) is 12.6 Å². The Bertz CT molecular complexity index is 500. The highest BCUT2D eigenvalue weighted by Gasteiger charge is 2.41. The molecule has 0 bridgehead atoms. The first-order chi connectivity index (χ1) is 12.8. The molecule has 0 amide bonds. The normalized spacial score (nSPS) is 32.5. The number of phosphoric ester groups is 1. The Kier molecular flexibility index (Phi) is 11.9. The van der Waals surface area contributed by atoms with Crippen LogP contribution in [-0.2, 0) is 18.6 Å². The molecular weight excluding hydrogens is 413 g/mol. The van der Waals surface area contributed by atoms with Crippen LogP contribution in [0.2, 0.25) is 0 Å². The first kappa shape index (κ1) is 27.4. The number of carbonyl (C=O) groups is 1. The van der Waals surface area contributed by atoms with Crippen LogP contribution in [0.25, 0.3) is 0 Å². The molecule has 0 aromatic rings. The molecule has 1 aliphatic heterocycles. The summed E-state index contributed by atoms with van der Waals surface area (Å²) in [6.07, 6.45) is -12.7. The van der Waals surface area contributed by atoms with Gasteiger partial charge in [-0.25, -0.2) is 4.57 Å². The van der Waals surface area contributed by atoms with Gasteiger partial charge in [0.05, 0.1) is 19.3 Å². The molecule has 1 heterocycles. The number of carbonyl (C=O) groups excluding carboxylic acids is 1. The molecule has 0 aliphatic carbocycles. The second-order valence-electron chi connectivity index (χ2n) is 5.77. The number of aliphatic hydroxyl groups is 8. The number of aliphatic hydroxyl groups excluding tert-OH is 8. The quantitative estimate of drug-likeness (QED) is 0.124. The van der Waals surface area contributed by atoms with E-state index in [0.29, 0.717) is 0 Å². The van der Waals surface area contributed by atoms with Gasteiger partial charge in [0.25, 0.3) is 0 Å². The maximum atomic E-state index is 10.2. The molecule has 1 aliphatic rings. The fraction of sp³-hybridized carbons (Fsp3) is 0.917. The van der Waals surface area contributed by atoms with E-state index >= 15 is 0 Å². The van der Waals surface area contributed by atoms with Gasteiger partial charge in [-0.05, 0) is 0 Å². The average Bonchev–Trinajstić information content (AvgIpc) is 2.65. The zero-order chi connectivity index (χ0) is 22.2. The SMILES string of the molecule is N[C@H]1C(O)O[C@H](CO)[C@@H](O)[C@@H]1O.O=CC(O)C(O)C(O)C(O)COP(=O)(O)O. The van der Waals surface area contributed by atoms with Crippen molar-refractivity contribution in [2.75, 3.05) is 13.2 Å². The average molecular weight is 439 g/mol. The summed E-state index contributed by atoms with van der Waals surface area (Å²) in [6, 6.07) is -1.04. The van der Waals surface area contributed by atoms with Crippen molar-refractivity contribution in [3.63, 3.8) is 0 Å². The molecular formula is C12H26NO14P. The molecule has 0 aromatic heterocycles. The number of hydrogen-bond acceptors (Lipinski definition) is 13. The summed E-state index contributed by atoms with van der Waals surface area (Å²) < 4.78 is 18.8. The molecule has 0 saturated carbocycles. The Morgan fingerprint density at radius 3 is 2.04 bits per heavy atom. The lowest BCUT2D eigenvalue weighted by Crippen LogP contribution is -2.61. The highest BCUT2D eigenvalue weighted by molar-refractivity contribution is 7.46. The zero-order valence-electron chi connectivity index (χ0n) is 14.3. The summed E-state index contributed by atoms with van der Waals surface area (Å²) >= 11 is 0. The van der Waals surface area contributed by atoms with Crippen molar-refractivity contribution in [1.29, 1.82) is 0 Å². The van der Waals surface area contributed by atoms with Crippen molar-refractivity contribution < 1.29 is 69.3 Å². The van der Waals surface area contributed by atoms with E-state index in [4.69, 9.17) is 50.9 Å². The lowest BCUT2D eigenvalue weighted by atomic mass is 9.98. The molecule has 0 radical (unpaired) electrons. The third-order valence-electron chi connectivity index (χ3n) is 3.60. The van der Waals surface area contributed by atoms with E-state index in [0.717, 1.165) is 0 Å². The lowest BCUT2D eigenvalue weighted by molar-refractivity contribution is -0.248. The van der Waals surface area contributed by atoms with Crippen LogP contribution in [0, 0.1) is 0 Å². The van der Waals surface area contributed by atoms with Crippen LogP contribution >= 0.6 is 7.82 Å². The fourth-order valence-electron chi connectivity index (χ4n) is 1.90.